The Morgan fingerprint density at radius 3 is 2.91 bits per heavy atom. The lowest BCUT2D eigenvalue weighted by Gasteiger charge is -2.31. The Labute approximate surface area is 205 Å². The van der Waals surface area contributed by atoms with Gasteiger partial charge in [-0.2, -0.15) is 11.3 Å². The number of thiophene rings is 2. The van der Waals surface area contributed by atoms with Gasteiger partial charge >= 0.3 is 0 Å². The van der Waals surface area contributed by atoms with Gasteiger partial charge in [-0.3, -0.25) is 14.1 Å². The Bertz CT molecular complexity index is 1310. The number of carbonyl (C=O) groups is 1. The first-order chi connectivity index (χ1) is 16.2. The largest absolute Gasteiger partial charge is 0.351 e. The first-order valence-corrected chi connectivity index (χ1v) is 13.8. The molecule has 0 aromatic carbocycles. The molecule has 4 aromatic heterocycles. The Morgan fingerprint density at radius 2 is 2.06 bits per heavy atom. The van der Waals surface area contributed by atoms with E-state index in [0.29, 0.717) is 5.92 Å². The number of amides is 1. The van der Waals surface area contributed by atoms with Crippen LogP contribution < -0.4 is 5.32 Å². The van der Waals surface area contributed by atoms with Gasteiger partial charge in [-0.15, -0.1) is 11.3 Å². The standard InChI is InChI=1S/C25H24N4OS3/c30-25(22-11-20-13-26-23-2-1-3-24(33-22)29(20)23)27-12-17-4-7-28(8-5-17)14-21-10-19(16-32-21)18-6-9-31-15-18/h1-3,6,9-11,13,15-17H,4-5,7-8,12,14H2,(H,27,30). The molecule has 1 saturated heterocycles. The Morgan fingerprint density at radius 1 is 1.15 bits per heavy atom. The summed E-state index contributed by atoms with van der Waals surface area (Å²) in [5.74, 6) is 0.560. The van der Waals surface area contributed by atoms with E-state index in [0.717, 1.165) is 60.3 Å². The predicted octanol–water partition coefficient (Wildman–Crippen LogP) is 5.60. The number of likely N-dealkylation sites (tertiary alicyclic amines) is 1. The molecule has 0 bridgehead atoms. The van der Waals surface area contributed by atoms with Crippen LogP contribution in [0.5, 0.6) is 0 Å². The number of rotatable bonds is 6. The van der Waals surface area contributed by atoms with Gasteiger partial charge in [0.05, 0.1) is 21.8 Å². The van der Waals surface area contributed by atoms with Crippen LogP contribution in [0, 0.1) is 5.92 Å². The van der Waals surface area contributed by atoms with Crippen molar-refractivity contribution in [2.45, 2.75) is 24.4 Å². The highest BCUT2D eigenvalue weighted by molar-refractivity contribution is 8.04. The van der Waals surface area contributed by atoms with E-state index in [2.05, 4.69) is 47.9 Å². The maximum absolute atomic E-state index is 12.9. The minimum atomic E-state index is 0.0198. The molecule has 4 aromatic rings. The summed E-state index contributed by atoms with van der Waals surface area (Å²) in [4.78, 5) is 22.0. The summed E-state index contributed by atoms with van der Waals surface area (Å²) >= 11 is 5.12. The normalized spacial score (nSPS) is 16.8. The summed E-state index contributed by atoms with van der Waals surface area (Å²) in [6, 6.07) is 10.5. The number of imidazole rings is 1. The summed E-state index contributed by atoms with van der Waals surface area (Å²) in [6.07, 6.45) is 6.03. The zero-order valence-corrected chi connectivity index (χ0v) is 20.5. The van der Waals surface area contributed by atoms with Gasteiger partial charge < -0.3 is 5.32 Å². The molecule has 0 atom stereocenters. The Hall–Kier alpha value is -2.39. The quantitative estimate of drug-likeness (QED) is 0.381. The summed E-state index contributed by atoms with van der Waals surface area (Å²) in [7, 11) is 0. The van der Waals surface area contributed by atoms with Crippen LogP contribution in [0.1, 0.15) is 23.4 Å². The van der Waals surface area contributed by atoms with Gasteiger partial charge in [0.15, 0.2) is 0 Å². The number of nitrogens with one attached hydrogen (secondary N) is 1. The van der Waals surface area contributed by atoms with Crippen LogP contribution in [-0.2, 0) is 11.3 Å². The van der Waals surface area contributed by atoms with Crippen LogP contribution in [0.25, 0.3) is 22.9 Å². The summed E-state index contributed by atoms with van der Waals surface area (Å²) in [5, 5.41) is 10.8. The summed E-state index contributed by atoms with van der Waals surface area (Å²) < 4.78 is 2.09. The molecule has 2 aliphatic heterocycles. The van der Waals surface area contributed by atoms with Gasteiger partial charge in [0.2, 0.25) is 0 Å². The number of piperidine rings is 1. The fraction of sp³-hybridized carbons (Fsp3) is 0.280. The molecule has 1 fully saturated rings. The Kier molecular flexibility index (Phi) is 5.84. The first-order valence-electron chi connectivity index (χ1n) is 11.2. The van der Waals surface area contributed by atoms with E-state index in [1.165, 1.54) is 27.8 Å². The van der Waals surface area contributed by atoms with E-state index in [1.54, 1.807) is 11.3 Å². The second kappa shape index (κ2) is 9.10. The van der Waals surface area contributed by atoms with Crippen LogP contribution in [0.4, 0.5) is 0 Å². The summed E-state index contributed by atoms with van der Waals surface area (Å²) in [6.45, 7) is 3.95. The number of nitrogens with zero attached hydrogens (tertiary/aromatic N) is 3. The molecule has 0 unspecified atom stereocenters. The van der Waals surface area contributed by atoms with Crippen LogP contribution in [0.2, 0.25) is 0 Å². The molecule has 0 aliphatic carbocycles. The van der Waals surface area contributed by atoms with E-state index in [1.807, 2.05) is 41.8 Å². The third-order valence-electron chi connectivity index (χ3n) is 6.38. The average molecular weight is 493 g/mol. The van der Waals surface area contributed by atoms with Gasteiger partial charge in [-0.1, -0.05) is 17.8 Å². The molecular weight excluding hydrogens is 469 g/mol. The monoisotopic (exact) mass is 492 g/mol. The number of aromatic nitrogens is 2. The molecule has 168 valence electrons. The third-order valence-corrected chi connectivity index (χ3v) is 9.04. The van der Waals surface area contributed by atoms with Gasteiger partial charge in [-0.05, 0) is 89.5 Å². The van der Waals surface area contributed by atoms with Crippen LogP contribution in [0.3, 0.4) is 0 Å². The molecule has 2 aliphatic rings. The molecule has 1 N–H and O–H groups in total. The molecular formula is C25H24N4OS3. The van der Waals surface area contributed by atoms with Crippen molar-refractivity contribution in [3.63, 3.8) is 0 Å². The number of hydrogen-bond acceptors (Lipinski definition) is 6. The molecule has 0 spiro atoms. The van der Waals surface area contributed by atoms with Crippen molar-refractivity contribution in [1.29, 1.82) is 0 Å². The lowest BCUT2D eigenvalue weighted by atomic mass is 9.96. The van der Waals surface area contributed by atoms with Gasteiger partial charge in [0, 0.05) is 18.0 Å². The van der Waals surface area contributed by atoms with Gasteiger partial charge in [0.1, 0.15) is 5.65 Å². The first kappa shape index (κ1) is 21.2. The van der Waals surface area contributed by atoms with Crippen molar-refractivity contribution < 1.29 is 4.79 Å². The SMILES string of the molecule is O=C(NCC1CCN(Cc2cc(-c3ccsc3)cs2)CC1)C1=Cc2cnc3cccc(n23)S1. The van der Waals surface area contributed by atoms with Gasteiger partial charge in [-0.25, -0.2) is 4.98 Å². The molecule has 6 heterocycles. The maximum Gasteiger partial charge on any atom is 0.258 e. The van der Waals surface area contributed by atoms with Crippen molar-refractivity contribution in [1.82, 2.24) is 19.6 Å². The minimum absolute atomic E-state index is 0.0198. The van der Waals surface area contributed by atoms with Crippen LogP contribution in [0.15, 0.2) is 62.6 Å². The van der Waals surface area contributed by atoms with E-state index >= 15 is 0 Å². The molecule has 33 heavy (non-hydrogen) atoms. The third kappa shape index (κ3) is 4.40. The molecule has 0 radical (unpaired) electrons. The number of thioether (sulfide) groups is 1. The second-order valence-electron chi connectivity index (χ2n) is 8.59. The minimum Gasteiger partial charge on any atom is -0.351 e. The molecule has 8 heteroatoms. The topological polar surface area (TPSA) is 49.6 Å². The lowest BCUT2D eigenvalue weighted by Crippen LogP contribution is -2.38. The van der Waals surface area contributed by atoms with E-state index in [-0.39, 0.29) is 5.91 Å². The van der Waals surface area contributed by atoms with Gasteiger partial charge in [0.25, 0.3) is 5.91 Å². The van der Waals surface area contributed by atoms with E-state index in [4.69, 9.17) is 0 Å². The molecule has 1 amide bonds. The van der Waals surface area contributed by atoms with Crippen molar-refractivity contribution in [3.05, 3.63) is 68.1 Å². The maximum atomic E-state index is 12.9. The van der Waals surface area contributed by atoms with E-state index in [9.17, 15) is 4.79 Å². The fourth-order valence-corrected chi connectivity index (χ4v) is 7.14. The molecule has 5 nitrogen and oxygen atoms in total. The smallest absolute Gasteiger partial charge is 0.258 e. The summed E-state index contributed by atoms with van der Waals surface area (Å²) in [5.41, 5.74) is 4.54. The highest BCUT2D eigenvalue weighted by atomic mass is 32.2. The zero-order valence-electron chi connectivity index (χ0n) is 18.1. The van der Waals surface area contributed by atoms with Crippen molar-refractivity contribution in [2.75, 3.05) is 19.6 Å². The van der Waals surface area contributed by atoms with Crippen molar-refractivity contribution in [3.8, 4) is 11.1 Å². The Balaban J connectivity index is 0.997. The lowest BCUT2D eigenvalue weighted by molar-refractivity contribution is -0.117. The van der Waals surface area contributed by atoms with Crippen molar-refractivity contribution in [2.24, 2.45) is 5.92 Å². The average Bonchev–Trinajstić information content (AvgIpc) is 3.60. The highest BCUT2D eigenvalue weighted by Crippen LogP contribution is 2.34. The van der Waals surface area contributed by atoms with Crippen LogP contribution >= 0.6 is 34.4 Å². The van der Waals surface area contributed by atoms with Crippen LogP contribution in [-0.4, -0.2) is 39.8 Å². The number of pyridine rings is 1. The van der Waals surface area contributed by atoms with Crippen molar-refractivity contribution >= 4 is 52.1 Å². The predicted molar refractivity (Wildman–Crippen MR) is 138 cm³/mol. The van der Waals surface area contributed by atoms with E-state index < -0.39 is 0 Å². The highest BCUT2D eigenvalue weighted by Gasteiger charge is 2.23. The molecule has 0 saturated carbocycles. The number of hydrogen-bond donors (Lipinski definition) is 1. The molecule has 6 rings (SSSR count). The fourth-order valence-electron chi connectivity index (χ4n) is 4.54. The zero-order chi connectivity index (χ0) is 22.2. The number of carbonyl (C=O) groups excluding carboxylic acids is 1. The second-order valence-corrected chi connectivity index (χ2v) is 11.4.